The van der Waals surface area contributed by atoms with Crippen molar-refractivity contribution >= 4 is 23.5 Å². The minimum Gasteiger partial charge on any atom is -0.444 e. The van der Waals surface area contributed by atoms with E-state index in [-0.39, 0.29) is 18.2 Å². The van der Waals surface area contributed by atoms with Crippen molar-refractivity contribution in [2.75, 3.05) is 19.6 Å². The van der Waals surface area contributed by atoms with Crippen LogP contribution < -0.4 is 5.73 Å². The Morgan fingerprint density at radius 3 is 2.03 bits per heavy atom. The van der Waals surface area contributed by atoms with Gasteiger partial charge in [0, 0.05) is 38.6 Å². The molecule has 2 N–H and O–H groups in total. The number of aryl methyl sites for hydroxylation is 1. The molecule has 0 saturated heterocycles. The van der Waals surface area contributed by atoms with Crippen LogP contribution in [-0.2, 0) is 22.4 Å². The van der Waals surface area contributed by atoms with Crippen LogP contribution in [0.1, 0.15) is 96.5 Å². The van der Waals surface area contributed by atoms with E-state index in [1.54, 1.807) is 4.90 Å². The highest BCUT2D eigenvalue weighted by molar-refractivity contribution is 7.11. The second-order valence-electron chi connectivity index (χ2n) is 11.2. The minimum absolute atomic E-state index is 0.197. The maximum absolute atomic E-state index is 13.0. The summed E-state index contributed by atoms with van der Waals surface area (Å²) in [7, 11) is 0. The summed E-state index contributed by atoms with van der Waals surface area (Å²) in [6, 6.07) is 0.197. The lowest BCUT2D eigenvalue weighted by Gasteiger charge is -2.36. The third-order valence-electron chi connectivity index (χ3n) is 5.62. The zero-order valence-corrected chi connectivity index (χ0v) is 23.3. The molecule has 2 amide bonds. The molecule has 1 saturated carbocycles. The lowest BCUT2D eigenvalue weighted by atomic mass is 9.94. The van der Waals surface area contributed by atoms with Gasteiger partial charge in [-0.05, 0) is 67.2 Å². The van der Waals surface area contributed by atoms with Crippen LogP contribution in [0.3, 0.4) is 0 Å². The molecule has 0 aromatic carbocycles. The van der Waals surface area contributed by atoms with Crippen LogP contribution in [0.25, 0.3) is 0 Å². The van der Waals surface area contributed by atoms with Crippen LogP contribution in [0.2, 0.25) is 0 Å². The number of rotatable bonds is 10. The number of hydrogen-bond acceptors (Lipinski definition) is 8. The highest BCUT2D eigenvalue weighted by Crippen LogP contribution is 2.25. The van der Waals surface area contributed by atoms with Gasteiger partial charge in [0.05, 0.1) is 0 Å². The fraction of sp³-hybridized carbons (Fsp3) is 0.840. The van der Waals surface area contributed by atoms with Gasteiger partial charge in [-0.25, -0.2) is 9.59 Å². The Balaban J connectivity index is 1.99. The van der Waals surface area contributed by atoms with E-state index in [0.717, 1.165) is 48.5 Å². The van der Waals surface area contributed by atoms with Gasteiger partial charge in [0.1, 0.15) is 21.2 Å². The molecule has 1 aliphatic rings. The average molecular weight is 512 g/mol. The summed E-state index contributed by atoms with van der Waals surface area (Å²) in [5.41, 5.74) is 4.51. The molecule has 10 heteroatoms. The highest BCUT2D eigenvalue weighted by Gasteiger charge is 2.30. The molecule has 1 aliphatic carbocycles. The minimum atomic E-state index is -0.574. The fourth-order valence-electron chi connectivity index (χ4n) is 4.08. The molecular formula is C25H45N5O4S. The van der Waals surface area contributed by atoms with Gasteiger partial charge in [0.2, 0.25) is 0 Å². The number of ether oxygens (including phenoxy) is 2. The molecule has 2 rings (SSSR count). The Bertz CT molecular complexity index is 797. The van der Waals surface area contributed by atoms with E-state index in [1.807, 2.05) is 46.4 Å². The Morgan fingerprint density at radius 2 is 1.46 bits per heavy atom. The van der Waals surface area contributed by atoms with Crippen molar-refractivity contribution < 1.29 is 19.1 Å². The largest absolute Gasteiger partial charge is 0.444 e. The first-order valence-corrected chi connectivity index (χ1v) is 13.7. The average Bonchev–Trinajstić information content (AvgIpc) is 3.21. The molecule has 0 unspecified atom stereocenters. The van der Waals surface area contributed by atoms with Gasteiger partial charge in [0.25, 0.3) is 0 Å². The monoisotopic (exact) mass is 511 g/mol. The van der Waals surface area contributed by atoms with Gasteiger partial charge in [0.15, 0.2) is 0 Å². The van der Waals surface area contributed by atoms with Crippen LogP contribution in [0.15, 0.2) is 0 Å². The molecule has 1 aromatic rings. The van der Waals surface area contributed by atoms with E-state index in [4.69, 9.17) is 15.2 Å². The van der Waals surface area contributed by atoms with Crippen LogP contribution in [-0.4, -0.2) is 69.1 Å². The third-order valence-corrected chi connectivity index (χ3v) is 6.63. The number of carbonyl (C=O) groups excluding carboxylic acids is 2. The maximum atomic E-state index is 13.0. The first-order valence-electron chi connectivity index (χ1n) is 12.9. The molecule has 0 aliphatic heterocycles. The first kappa shape index (κ1) is 29.3. The van der Waals surface area contributed by atoms with Gasteiger partial charge in [-0.1, -0.05) is 19.3 Å². The summed E-state index contributed by atoms with van der Waals surface area (Å²) in [6.45, 7) is 13.3. The van der Waals surface area contributed by atoms with Crippen molar-refractivity contribution in [3.63, 3.8) is 0 Å². The summed E-state index contributed by atoms with van der Waals surface area (Å²) < 4.78 is 11.4. The van der Waals surface area contributed by atoms with Gasteiger partial charge < -0.3 is 25.0 Å². The number of nitrogens with zero attached hydrogens (tertiary/aromatic N) is 4. The smallest absolute Gasteiger partial charge is 0.410 e. The fourth-order valence-corrected chi connectivity index (χ4v) is 4.85. The molecule has 0 spiro atoms. The molecule has 9 nitrogen and oxygen atoms in total. The lowest BCUT2D eigenvalue weighted by Crippen LogP contribution is -2.46. The number of nitrogens with two attached hydrogens (primary N) is 1. The summed E-state index contributed by atoms with van der Waals surface area (Å²) in [5.74, 6) is 0. The molecule has 200 valence electrons. The number of amides is 2. The molecule has 1 heterocycles. The zero-order valence-electron chi connectivity index (χ0n) is 22.5. The van der Waals surface area contributed by atoms with Crippen molar-refractivity contribution in [3.8, 4) is 0 Å². The van der Waals surface area contributed by atoms with E-state index >= 15 is 0 Å². The third kappa shape index (κ3) is 11.1. The van der Waals surface area contributed by atoms with Crippen LogP contribution in [0.4, 0.5) is 9.59 Å². The van der Waals surface area contributed by atoms with Crippen LogP contribution in [0.5, 0.6) is 0 Å². The molecular weight excluding hydrogens is 466 g/mol. The van der Waals surface area contributed by atoms with E-state index in [1.165, 1.54) is 17.8 Å². The standard InChI is InChI=1S/C25H45N5O4S/c1-24(2,3)33-22(31)29(15-10-14-20-27-28-21(18-26)35-20)16-11-17-30(19-12-8-7-9-13-19)23(32)34-25(4,5)6/h19H,7-18,26H2,1-6H3. The predicted octanol–water partition coefficient (Wildman–Crippen LogP) is 5.13. The molecule has 0 bridgehead atoms. The summed E-state index contributed by atoms with van der Waals surface area (Å²) in [4.78, 5) is 29.5. The van der Waals surface area contributed by atoms with E-state index in [9.17, 15) is 9.59 Å². The Hall–Kier alpha value is -1.94. The van der Waals surface area contributed by atoms with E-state index in [2.05, 4.69) is 10.2 Å². The number of carbonyl (C=O) groups is 2. The first-order chi connectivity index (χ1) is 16.4. The summed E-state index contributed by atoms with van der Waals surface area (Å²) in [6.07, 6.45) is 7.01. The second-order valence-corrected chi connectivity index (χ2v) is 12.3. The Kier molecular flexibility index (Phi) is 11.2. The summed E-state index contributed by atoms with van der Waals surface area (Å²) in [5, 5.41) is 9.96. The Morgan fingerprint density at radius 1 is 0.886 bits per heavy atom. The number of hydrogen-bond donors (Lipinski definition) is 1. The Labute approximate surface area is 214 Å². The normalized spacial score (nSPS) is 15.1. The number of aromatic nitrogens is 2. The predicted molar refractivity (Wildman–Crippen MR) is 138 cm³/mol. The SMILES string of the molecule is CC(C)(C)OC(=O)N(CCCc1nnc(CN)s1)CCCN(C(=O)OC(C)(C)C)C1CCCCC1. The quantitative estimate of drug-likeness (QED) is 0.464. The molecule has 35 heavy (non-hydrogen) atoms. The second kappa shape index (κ2) is 13.4. The van der Waals surface area contributed by atoms with Crippen molar-refractivity contribution in [1.29, 1.82) is 0 Å². The van der Waals surface area contributed by atoms with Crippen molar-refractivity contribution in [1.82, 2.24) is 20.0 Å². The molecule has 0 radical (unpaired) electrons. The van der Waals surface area contributed by atoms with Crippen LogP contribution in [0, 0.1) is 0 Å². The van der Waals surface area contributed by atoms with Crippen LogP contribution >= 0.6 is 11.3 Å². The van der Waals surface area contributed by atoms with Gasteiger partial charge >= 0.3 is 12.2 Å². The maximum Gasteiger partial charge on any atom is 0.410 e. The summed E-state index contributed by atoms with van der Waals surface area (Å²) >= 11 is 1.51. The molecule has 1 aromatic heterocycles. The zero-order chi connectivity index (χ0) is 26.1. The van der Waals surface area contributed by atoms with Crippen molar-refractivity contribution in [2.45, 2.75) is 117 Å². The van der Waals surface area contributed by atoms with Gasteiger partial charge in [-0.2, -0.15) is 0 Å². The van der Waals surface area contributed by atoms with Crippen molar-refractivity contribution in [3.05, 3.63) is 10.0 Å². The van der Waals surface area contributed by atoms with Gasteiger partial charge in [-0.15, -0.1) is 21.5 Å². The molecule has 1 fully saturated rings. The van der Waals surface area contributed by atoms with E-state index < -0.39 is 11.2 Å². The van der Waals surface area contributed by atoms with Crippen molar-refractivity contribution in [2.24, 2.45) is 5.73 Å². The van der Waals surface area contributed by atoms with Gasteiger partial charge in [-0.3, -0.25) is 0 Å². The topological polar surface area (TPSA) is 111 Å². The molecule has 0 atom stereocenters. The highest BCUT2D eigenvalue weighted by atomic mass is 32.1. The lowest BCUT2D eigenvalue weighted by molar-refractivity contribution is 0.00999. The van der Waals surface area contributed by atoms with E-state index in [0.29, 0.717) is 32.6 Å².